The molecule has 0 radical (unpaired) electrons. The van der Waals surface area contributed by atoms with Gasteiger partial charge in [-0.1, -0.05) is 0 Å². The van der Waals surface area contributed by atoms with Crippen LogP contribution in [0.4, 0.5) is 23.2 Å². The Balaban J connectivity index is 2.26. The number of hydrogen-bond acceptors (Lipinski definition) is 3. The molecule has 0 aromatic heterocycles. The molecule has 118 valence electrons. The van der Waals surface area contributed by atoms with Gasteiger partial charge in [0.1, 0.15) is 17.3 Å². The first kappa shape index (κ1) is 15.9. The second kappa shape index (κ2) is 6.13. The van der Waals surface area contributed by atoms with Crippen molar-refractivity contribution in [3.63, 3.8) is 0 Å². The maximum absolute atomic E-state index is 14.0. The summed E-state index contributed by atoms with van der Waals surface area (Å²) in [5, 5.41) is 0. The summed E-state index contributed by atoms with van der Waals surface area (Å²) in [6.45, 7) is -1.41. The van der Waals surface area contributed by atoms with E-state index in [4.69, 9.17) is 10.5 Å². The predicted molar refractivity (Wildman–Crippen MR) is 74.4 cm³/mol. The van der Waals surface area contributed by atoms with E-state index in [1.807, 2.05) is 0 Å². The third kappa shape index (κ3) is 3.81. The summed E-state index contributed by atoms with van der Waals surface area (Å²) in [6.07, 6.45) is -4.43. The standard InChI is InChI=1S/C15H13F4NO2/c1-21-9-2-4-11(13(16)6-9)12-5-3-10(7-14(12)20)22-8-15(17,18)19/h2-7H,8,20H2,1H3. The molecule has 22 heavy (non-hydrogen) atoms. The highest BCUT2D eigenvalue weighted by molar-refractivity contribution is 5.78. The van der Waals surface area contributed by atoms with Gasteiger partial charge in [-0.05, 0) is 24.3 Å². The molecular formula is C15H13F4NO2. The van der Waals surface area contributed by atoms with Crippen LogP contribution in [0.2, 0.25) is 0 Å². The summed E-state index contributed by atoms with van der Waals surface area (Å²) in [7, 11) is 1.41. The SMILES string of the molecule is COc1ccc(-c2ccc(OCC(F)(F)F)cc2N)c(F)c1. The Bertz CT molecular complexity index is 671. The van der Waals surface area contributed by atoms with Crippen LogP contribution in [0.25, 0.3) is 11.1 Å². The van der Waals surface area contributed by atoms with Crippen LogP contribution >= 0.6 is 0 Å². The van der Waals surface area contributed by atoms with Gasteiger partial charge in [0.25, 0.3) is 0 Å². The van der Waals surface area contributed by atoms with Crippen molar-refractivity contribution in [2.45, 2.75) is 6.18 Å². The molecular weight excluding hydrogens is 302 g/mol. The lowest BCUT2D eigenvalue weighted by molar-refractivity contribution is -0.153. The van der Waals surface area contributed by atoms with Crippen LogP contribution in [0.1, 0.15) is 0 Å². The molecule has 2 aromatic rings. The number of hydrogen-bond donors (Lipinski definition) is 1. The molecule has 2 rings (SSSR count). The maximum Gasteiger partial charge on any atom is 0.422 e. The van der Waals surface area contributed by atoms with E-state index >= 15 is 0 Å². The van der Waals surface area contributed by atoms with Gasteiger partial charge in [0.05, 0.1) is 7.11 Å². The van der Waals surface area contributed by atoms with E-state index in [1.54, 1.807) is 6.07 Å². The van der Waals surface area contributed by atoms with E-state index in [-0.39, 0.29) is 17.0 Å². The lowest BCUT2D eigenvalue weighted by atomic mass is 10.0. The Morgan fingerprint density at radius 3 is 2.18 bits per heavy atom. The molecule has 0 heterocycles. The van der Waals surface area contributed by atoms with E-state index in [9.17, 15) is 17.6 Å². The van der Waals surface area contributed by atoms with Crippen molar-refractivity contribution in [2.24, 2.45) is 0 Å². The van der Waals surface area contributed by atoms with Crippen LogP contribution in [0, 0.1) is 5.82 Å². The number of benzene rings is 2. The molecule has 0 amide bonds. The Morgan fingerprint density at radius 2 is 1.64 bits per heavy atom. The summed E-state index contributed by atoms with van der Waals surface area (Å²) in [4.78, 5) is 0. The third-order valence-corrected chi connectivity index (χ3v) is 2.89. The number of nitrogens with two attached hydrogens (primary N) is 1. The fourth-order valence-electron chi connectivity index (χ4n) is 1.88. The van der Waals surface area contributed by atoms with Gasteiger partial charge >= 0.3 is 6.18 Å². The van der Waals surface area contributed by atoms with Crippen molar-refractivity contribution in [2.75, 3.05) is 19.5 Å². The Labute approximate surface area is 124 Å². The summed E-state index contributed by atoms with van der Waals surface area (Å²) in [5.41, 5.74) is 6.47. The van der Waals surface area contributed by atoms with Crippen molar-refractivity contribution < 1.29 is 27.0 Å². The molecule has 2 aromatic carbocycles. The van der Waals surface area contributed by atoms with E-state index in [2.05, 4.69) is 4.74 Å². The first-order valence-corrected chi connectivity index (χ1v) is 6.23. The number of methoxy groups -OCH3 is 1. The van der Waals surface area contributed by atoms with Gasteiger partial charge < -0.3 is 15.2 Å². The average molecular weight is 315 g/mol. The average Bonchev–Trinajstić information content (AvgIpc) is 2.45. The minimum atomic E-state index is -4.43. The van der Waals surface area contributed by atoms with Gasteiger partial charge in [-0.2, -0.15) is 13.2 Å². The largest absolute Gasteiger partial charge is 0.497 e. The molecule has 0 unspecified atom stereocenters. The van der Waals surface area contributed by atoms with Crippen LogP contribution in [0.3, 0.4) is 0 Å². The zero-order valence-electron chi connectivity index (χ0n) is 11.6. The minimum absolute atomic E-state index is 0.0347. The molecule has 2 N–H and O–H groups in total. The molecule has 0 aliphatic rings. The summed E-state index contributed by atoms with van der Waals surface area (Å²) < 4.78 is 59.8. The van der Waals surface area contributed by atoms with Gasteiger partial charge in [0.2, 0.25) is 0 Å². The minimum Gasteiger partial charge on any atom is -0.497 e. The zero-order chi connectivity index (χ0) is 16.3. The number of ether oxygens (including phenoxy) is 2. The highest BCUT2D eigenvalue weighted by Crippen LogP contribution is 2.33. The number of halogens is 4. The van der Waals surface area contributed by atoms with Crippen molar-refractivity contribution in [3.8, 4) is 22.6 Å². The lowest BCUT2D eigenvalue weighted by Gasteiger charge is -2.12. The van der Waals surface area contributed by atoms with Crippen LogP contribution in [-0.2, 0) is 0 Å². The van der Waals surface area contributed by atoms with Gasteiger partial charge in [0.15, 0.2) is 6.61 Å². The second-order valence-corrected chi connectivity index (χ2v) is 4.50. The number of alkyl halides is 3. The quantitative estimate of drug-likeness (QED) is 0.684. The highest BCUT2D eigenvalue weighted by Gasteiger charge is 2.28. The Morgan fingerprint density at radius 1 is 1.00 bits per heavy atom. The fraction of sp³-hybridized carbons (Fsp3) is 0.200. The van der Waals surface area contributed by atoms with Crippen LogP contribution in [0.5, 0.6) is 11.5 Å². The highest BCUT2D eigenvalue weighted by atomic mass is 19.4. The van der Waals surface area contributed by atoms with Gasteiger partial charge in [-0.3, -0.25) is 0 Å². The van der Waals surface area contributed by atoms with Gasteiger partial charge in [0, 0.05) is 28.9 Å². The van der Waals surface area contributed by atoms with Crippen molar-refractivity contribution in [1.29, 1.82) is 0 Å². The smallest absolute Gasteiger partial charge is 0.422 e. The second-order valence-electron chi connectivity index (χ2n) is 4.50. The number of nitrogen functional groups attached to an aromatic ring is 1. The summed E-state index contributed by atoms with van der Waals surface area (Å²) >= 11 is 0. The van der Waals surface area contributed by atoms with Crippen LogP contribution in [-0.4, -0.2) is 19.9 Å². The third-order valence-electron chi connectivity index (χ3n) is 2.89. The molecule has 0 bridgehead atoms. The zero-order valence-corrected chi connectivity index (χ0v) is 11.6. The summed E-state index contributed by atoms with van der Waals surface area (Å²) in [5.74, 6) is -0.229. The molecule has 3 nitrogen and oxygen atoms in total. The van der Waals surface area contributed by atoms with E-state index in [0.717, 1.165) is 0 Å². The van der Waals surface area contributed by atoms with Crippen molar-refractivity contribution in [3.05, 3.63) is 42.2 Å². The lowest BCUT2D eigenvalue weighted by Crippen LogP contribution is -2.19. The Kier molecular flexibility index (Phi) is 4.44. The molecule has 0 fully saturated rings. The molecule has 7 heteroatoms. The molecule has 0 spiro atoms. The van der Waals surface area contributed by atoms with E-state index in [0.29, 0.717) is 11.3 Å². The number of anilines is 1. The van der Waals surface area contributed by atoms with E-state index < -0.39 is 18.6 Å². The van der Waals surface area contributed by atoms with Crippen LogP contribution in [0.15, 0.2) is 36.4 Å². The fourth-order valence-corrected chi connectivity index (χ4v) is 1.88. The Hall–Kier alpha value is -2.44. The summed E-state index contributed by atoms with van der Waals surface area (Å²) in [6, 6.07) is 8.18. The van der Waals surface area contributed by atoms with E-state index in [1.165, 1.54) is 37.4 Å². The molecule has 0 aliphatic carbocycles. The molecule has 0 atom stereocenters. The van der Waals surface area contributed by atoms with Gasteiger partial charge in [-0.15, -0.1) is 0 Å². The maximum atomic E-state index is 14.0. The predicted octanol–water partition coefficient (Wildman–Crippen LogP) is 4.02. The topological polar surface area (TPSA) is 44.5 Å². The first-order valence-electron chi connectivity index (χ1n) is 6.23. The molecule has 0 saturated heterocycles. The normalized spacial score (nSPS) is 11.3. The first-order chi connectivity index (χ1) is 10.3. The number of rotatable bonds is 4. The van der Waals surface area contributed by atoms with Crippen molar-refractivity contribution in [1.82, 2.24) is 0 Å². The molecule has 0 saturated carbocycles. The monoisotopic (exact) mass is 315 g/mol. The van der Waals surface area contributed by atoms with Crippen molar-refractivity contribution >= 4 is 5.69 Å². The van der Waals surface area contributed by atoms with Crippen LogP contribution < -0.4 is 15.2 Å². The van der Waals surface area contributed by atoms with Gasteiger partial charge in [-0.25, -0.2) is 4.39 Å². The molecule has 0 aliphatic heterocycles.